The van der Waals surface area contributed by atoms with E-state index in [1.54, 1.807) is 4.90 Å². The van der Waals surface area contributed by atoms with Crippen molar-refractivity contribution in [3.8, 4) is 0 Å². The zero-order chi connectivity index (χ0) is 26.3. The number of nitrogens with one attached hydrogen (secondary N) is 1. The van der Waals surface area contributed by atoms with Crippen molar-refractivity contribution in [1.29, 1.82) is 0 Å². The van der Waals surface area contributed by atoms with Gasteiger partial charge >= 0.3 is 0 Å². The number of benzene rings is 2. The van der Waals surface area contributed by atoms with Gasteiger partial charge in [-0.1, -0.05) is 18.2 Å². The smallest absolute Gasteiger partial charge is 0.136 e. The fourth-order valence-electron chi connectivity index (χ4n) is 5.95. The molecule has 0 saturated carbocycles. The molecule has 9 heteroatoms. The quantitative estimate of drug-likeness (QED) is 0.370. The number of rotatable bonds is 9. The van der Waals surface area contributed by atoms with Crippen molar-refractivity contribution in [2.45, 2.75) is 44.2 Å². The summed E-state index contributed by atoms with van der Waals surface area (Å²) in [5.74, 6) is -2.19. The molecule has 0 amide bonds. The van der Waals surface area contributed by atoms with E-state index in [4.69, 9.17) is 0 Å². The zero-order valence-corrected chi connectivity index (χ0v) is 20.7. The van der Waals surface area contributed by atoms with E-state index in [0.717, 1.165) is 28.6 Å². The Balaban J connectivity index is 1.51. The predicted molar refractivity (Wildman–Crippen MR) is 133 cm³/mol. The van der Waals surface area contributed by atoms with Gasteiger partial charge < -0.3 is 15.0 Å². The lowest BCUT2D eigenvalue weighted by molar-refractivity contribution is 0.0360. The summed E-state index contributed by atoms with van der Waals surface area (Å²) >= 11 is 0. The molecular weight excluding hydrogens is 489 g/mol. The van der Waals surface area contributed by atoms with Crippen LogP contribution in [-0.4, -0.2) is 71.6 Å². The Kier molecular flexibility index (Phi) is 7.56. The van der Waals surface area contributed by atoms with Crippen molar-refractivity contribution >= 4 is 10.9 Å². The standard InChI is InChI=1S/C28H32F5N3O/c1-16-9-21-20-5-2-3-6-24(20)34-27(21)28(36(16)14-19(30)15-37)25-22(31)10-17(11-23(25)32)26(33)18-12-35(13-18)8-4-7-29/h2-3,5-6,10-11,16,18-19,26,28,34,37H,4,7-9,12-15H2,1H3/t16-,19-,26-,28?/m1/s1. The Labute approximate surface area is 213 Å². The van der Waals surface area contributed by atoms with E-state index >= 15 is 13.2 Å². The second-order valence-corrected chi connectivity index (χ2v) is 10.4. The first-order valence-electron chi connectivity index (χ1n) is 12.8. The molecule has 4 nitrogen and oxygen atoms in total. The molecule has 3 aromatic rings. The lowest BCUT2D eigenvalue weighted by Gasteiger charge is -2.42. The van der Waals surface area contributed by atoms with Gasteiger partial charge in [-0.25, -0.2) is 17.6 Å². The molecule has 2 aliphatic rings. The van der Waals surface area contributed by atoms with Crippen molar-refractivity contribution in [3.63, 3.8) is 0 Å². The molecule has 2 N–H and O–H groups in total. The van der Waals surface area contributed by atoms with Gasteiger partial charge in [0, 0.05) is 60.3 Å². The van der Waals surface area contributed by atoms with Crippen LogP contribution in [0.1, 0.15) is 47.9 Å². The number of H-pyrrole nitrogens is 1. The number of aliphatic hydroxyl groups is 1. The molecule has 3 heterocycles. The first kappa shape index (κ1) is 26.1. The Morgan fingerprint density at radius 3 is 2.49 bits per heavy atom. The number of hydrogen-bond donors (Lipinski definition) is 2. The Morgan fingerprint density at radius 2 is 1.81 bits per heavy atom. The molecule has 37 heavy (non-hydrogen) atoms. The summed E-state index contributed by atoms with van der Waals surface area (Å²) in [4.78, 5) is 6.88. The van der Waals surface area contributed by atoms with Crippen LogP contribution in [0.15, 0.2) is 36.4 Å². The largest absolute Gasteiger partial charge is 0.393 e. The highest BCUT2D eigenvalue weighted by atomic mass is 19.1. The number of alkyl halides is 3. The van der Waals surface area contributed by atoms with Gasteiger partial charge in [-0.3, -0.25) is 9.29 Å². The molecule has 2 aliphatic heterocycles. The third-order valence-corrected chi connectivity index (χ3v) is 7.82. The molecule has 2 aromatic carbocycles. The Bertz CT molecular complexity index is 1220. The number of aliphatic hydroxyl groups excluding tert-OH is 1. The van der Waals surface area contributed by atoms with Gasteiger partial charge in [0.05, 0.1) is 19.3 Å². The second kappa shape index (κ2) is 10.7. The minimum atomic E-state index is -1.59. The Hall–Kier alpha value is -2.49. The number of halogens is 5. The number of nitrogens with zero attached hydrogens (tertiary/aromatic N) is 2. The lowest BCUT2D eigenvalue weighted by atomic mass is 9.85. The number of fused-ring (bicyclic) bond motifs is 3. The highest BCUT2D eigenvalue weighted by Crippen LogP contribution is 2.43. The van der Waals surface area contributed by atoms with E-state index in [0.29, 0.717) is 38.2 Å². The third-order valence-electron chi connectivity index (χ3n) is 7.82. The van der Waals surface area contributed by atoms with Crippen molar-refractivity contribution in [2.75, 3.05) is 39.5 Å². The lowest BCUT2D eigenvalue weighted by Crippen LogP contribution is -2.48. The fourth-order valence-corrected chi connectivity index (χ4v) is 5.95. The number of para-hydroxylation sites is 1. The topological polar surface area (TPSA) is 42.5 Å². The monoisotopic (exact) mass is 521 g/mol. The minimum absolute atomic E-state index is 0.0695. The molecule has 1 aromatic heterocycles. The van der Waals surface area contributed by atoms with E-state index in [9.17, 15) is 13.9 Å². The van der Waals surface area contributed by atoms with Crippen LogP contribution in [0.2, 0.25) is 0 Å². The van der Waals surface area contributed by atoms with Crippen molar-refractivity contribution in [3.05, 3.63) is 70.4 Å². The van der Waals surface area contributed by atoms with Crippen LogP contribution in [0.5, 0.6) is 0 Å². The van der Waals surface area contributed by atoms with Crippen LogP contribution in [0.4, 0.5) is 22.0 Å². The maximum Gasteiger partial charge on any atom is 0.136 e. The van der Waals surface area contributed by atoms with E-state index < -0.39 is 49.2 Å². The normalized spacial score (nSPS) is 22.7. The van der Waals surface area contributed by atoms with Gasteiger partial charge in [-0.05, 0) is 49.1 Å². The van der Waals surface area contributed by atoms with Gasteiger partial charge in [0.15, 0.2) is 0 Å². The SMILES string of the molecule is C[C@@H]1Cc2c([nH]c3ccccc23)C(c2c(F)cc([C@@H](F)C3CN(CCCF)C3)cc2F)N1C[C@@H](F)CO. The first-order chi connectivity index (χ1) is 17.8. The van der Waals surface area contributed by atoms with Crippen LogP contribution in [-0.2, 0) is 6.42 Å². The number of aromatic amines is 1. The third kappa shape index (κ3) is 4.89. The number of aromatic nitrogens is 1. The maximum absolute atomic E-state index is 15.7. The van der Waals surface area contributed by atoms with Crippen LogP contribution in [0, 0.1) is 17.6 Å². The zero-order valence-electron chi connectivity index (χ0n) is 20.7. The van der Waals surface area contributed by atoms with Crippen molar-refractivity contribution in [1.82, 2.24) is 14.8 Å². The van der Waals surface area contributed by atoms with E-state index in [2.05, 4.69) is 4.98 Å². The molecule has 5 rings (SSSR count). The summed E-state index contributed by atoms with van der Waals surface area (Å²) in [5.41, 5.74) is 1.97. The van der Waals surface area contributed by atoms with Gasteiger partial charge in [0.2, 0.25) is 0 Å². The summed E-state index contributed by atoms with van der Waals surface area (Å²) in [6.45, 7) is 1.89. The average Bonchev–Trinajstić information content (AvgIpc) is 3.22. The summed E-state index contributed by atoms with van der Waals surface area (Å²) in [6, 6.07) is 8.43. The van der Waals surface area contributed by atoms with E-state index in [1.165, 1.54) is 0 Å². The molecule has 1 unspecified atom stereocenters. The van der Waals surface area contributed by atoms with Gasteiger partial charge in [-0.2, -0.15) is 0 Å². The first-order valence-corrected chi connectivity index (χ1v) is 12.8. The molecule has 0 spiro atoms. The molecule has 200 valence electrons. The predicted octanol–water partition coefficient (Wildman–Crippen LogP) is 5.41. The van der Waals surface area contributed by atoms with Crippen molar-refractivity contribution < 1.29 is 27.1 Å². The summed E-state index contributed by atoms with van der Waals surface area (Å²) in [5, 5.41) is 10.3. The van der Waals surface area contributed by atoms with Crippen LogP contribution >= 0.6 is 0 Å². The average molecular weight is 522 g/mol. The summed E-state index contributed by atoms with van der Waals surface area (Å²) in [6.07, 6.45) is -2.21. The molecular formula is C28H32F5N3O. The number of likely N-dealkylation sites (tertiary alicyclic amines) is 1. The molecule has 4 atom stereocenters. The van der Waals surface area contributed by atoms with Crippen LogP contribution in [0.25, 0.3) is 10.9 Å². The molecule has 0 aliphatic carbocycles. The van der Waals surface area contributed by atoms with E-state index in [1.807, 2.05) is 36.1 Å². The highest BCUT2D eigenvalue weighted by Gasteiger charge is 2.41. The molecule has 1 fully saturated rings. The summed E-state index contributed by atoms with van der Waals surface area (Å²) in [7, 11) is 0. The van der Waals surface area contributed by atoms with E-state index in [-0.39, 0.29) is 23.7 Å². The molecule has 1 saturated heterocycles. The van der Waals surface area contributed by atoms with Gasteiger partial charge in [0.25, 0.3) is 0 Å². The fraction of sp³-hybridized carbons (Fsp3) is 0.500. The Morgan fingerprint density at radius 1 is 1.11 bits per heavy atom. The summed E-state index contributed by atoms with van der Waals surface area (Å²) < 4.78 is 73.4. The minimum Gasteiger partial charge on any atom is -0.393 e. The highest BCUT2D eigenvalue weighted by molar-refractivity contribution is 5.85. The van der Waals surface area contributed by atoms with Crippen LogP contribution < -0.4 is 0 Å². The second-order valence-electron chi connectivity index (χ2n) is 10.4. The maximum atomic E-state index is 15.7. The molecule has 0 radical (unpaired) electrons. The van der Waals surface area contributed by atoms with Gasteiger partial charge in [0.1, 0.15) is 24.0 Å². The van der Waals surface area contributed by atoms with Crippen molar-refractivity contribution in [2.24, 2.45) is 5.92 Å². The van der Waals surface area contributed by atoms with Crippen LogP contribution in [0.3, 0.4) is 0 Å². The van der Waals surface area contributed by atoms with Gasteiger partial charge in [-0.15, -0.1) is 0 Å². The molecule has 0 bridgehead atoms. The number of hydrogen-bond acceptors (Lipinski definition) is 3.